The topological polar surface area (TPSA) is 9.72 Å². The molecular weight excluding hydrogens is 625 g/mol. The van der Waals surface area contributed by atoms with Gasteiger partial charge in [-0.1, -0.05) is 102 Å². The molecule has 3 aliphatic rings. The van der Waals surface area contributed by atoms with E-state index in [2.05, 4.69) is 187 Å². The van der Waals surface area contributed by atoms with E-state index < -0.39 is 0 Å². The van der Waals surface area contributed by atoms with Gasteiger partial charge in [0, 0.05) is 43.9 Å². The normalized spacial score (nSPS) is 13.7. The molecule has 0 N–H and O–H groups in total. The van der Waals surface area contributed by atoms with E-state index in [1.807, 2.05) is 11.8 Å². The van der Waals surface area contributed by atoms with Crippen molar-refractivity contribution in [3.63, 3.8) is 0 Å². The van der Waals surface area contributed by atoms with E-state index >= 15 is 0 Å². The minimum absolute atomic E-state index is 0.0835. The fourth-order valence-electron chi connectivity index (χ4n) is 8.61. The van der Waals surface area contributed by atoms with Crippen molar-refractivity contribution in [2.24, 2.45) is 0 Å². The Balaban J connectivity index is 1.27. The van der Waals surface area contributed by atoms with Crippen molar-refractivity contribution in [2.75, 3.05) is 14.7 Å². The lowest BCUT2D eigenvalue weighted by Crippen LogP contribution is -2.61. The molecule has 0 amide bonds. The molecule has 0 saturated heterocycles. The van der Waals surface area contributed by atoms with E-state index in [0.29, 0.717) is 0 Å². The summed E-state index contributed by atoms with van der Waals surface area (Å²) in [5, 5.41) is 0. The monoisotopic (exact) mass is 659 g/mol. The highest BCUT2D eigenvalue weighted by atomic mass is 32.2. The number of anilines is 9. The highest BCUT2D eigenvalue weighted by Gasteiger charge is 2.43. The molecule has 0 atom stereocenters. The average Bonchev–Trinajstić information content (AvgIpc) is 3.14. The molecule has 3 aliphatic heterocycles. The van der Waals surface area contributed by atoms with Crippen LogP contribution in [0.3, 0.4) is 0 Å². The van der Waals surface area contributed by atoms with Crippen LogP contribution in [-0.4, -0.2) is 6.71 Å². The highest BCUT2D eigenvalue weighted by Crippen LogP contribution is 2.52. The van der Waals surface area contributed by atoms with Crippen molar-refractivity contribution in [1.82, 2.24) is 0 Å². The summed E-state index contributed by atoms with van der Waals surface area (Å²) < 4.78 is 0. The Morgan fingerprint density at radius 1 is 0.420 bits per heavy atom. The van der Waals surface area contributed by atoms with Gasteiger partial charge in [0.05, 0.1) is 17.1 Å². The van der Waals surface area contributed by atoms with E-state index in [1.54, 1.807) is 0 Å². The lowest BCUT2D eigenvalue weighted by molar-refractivity contribution is 1.16. The van der Waals surface area contributed by atoms with Gasteiger partial charge >= 0.3 is 0 Å². The molecule has 0 radical (unpaired) electrons. The molecule has 0 fully saturated rings. The van der Waals surface area contributed by atoms with Crippen molar-refractivity contribution in [3.8, 4) is 0 Å². The number of rotatable bonds is 3. The summed E-state index contributed by atoms with van der Waals surface area (Å²) in [6.07, 6.45) is 0. The summed E-state index contributed by atoms with van der Waals surface area (Å²) in [4.78, 5) is 10.0. The van der Waals surface area contributed by atoms with E-state index in [-0.39, 0.29) is 6.71 Å². The maximum absolute atomic E-state index is 2.56. The van der Waals surface area contributed by atoms with Crippen LogP contribution in [0.15, 0.2) is 161 Å². The standard InChI is InChI=1S/C45H34BN3S/c1-29-26-30(2)45(31(3)27-29)49-40-21-13-20-39-44(40)46(34-16-7-8-17-36(34)47(39)32-14-5-4-6-15-32)35-25-24-33(28-41(35)49)48-37-18-9-11-22-42(37)50-43-23-12-10-19-38(43)48/h4-28H,1-3H3. The van der Waals surface area contributed by atoms with Crippen LogP contribution in [0.2, 0.25) is 0 Å². The molecule has 3 heterocycles. The molecule has 7 aromatic carbocycles. The van der Waals surface area contributed by atoms with Crippen LogP contribution in [0.1, 0.15) is 16.7 Å². The zero-order valence-electron chi connectivity index (χ0n) is 28.3. The third-order valence-electron chi connectivity index (χ3n) is 10.4. The van der Waals surface area contributed by atoms with Crippen molar-refractivity contribution >= 4 is 86.0 Å². The molecule has 238 valence electrons. The second-order valence-corrected chi connectivity index (χ2v) is 14.7. The van der Waals surface area contributed by atoms with Crippen molar-refractivity contribution < 1.29 is 0 Å². The van der Waals surface area contributed by atoms with E-state index in [4.69, 9.17) is 0 Å². The quantitative estimate of drug-likeness (QED) is 0.175. The summed E-state index contributed by atoms with van der Waals surface area (Å²) in [6, 6.07) is 56.1. The first-order valence-corrected chi connectivity index (χ1v) is 18.1. The minimum Gasteiger partial charge on any atom is -0.311 e. The number of hydrogen-bond donors (Lipinski definition) is 0. The molecule has 0 saturated carbocycles. The Morgan fingerprint density at radius 3 is 1.66 bits per heavy atom. The lowest BCUT2D eigenvalue weighted by Gasteiger charge is -2.45. The predicted octanol–water partition coefficient (Wildman–Crippen LogP) is 10.6. The molecule has 0 spiro atoms. The third-order valence-corrected chi connectivity index (χ3v) is 11.6. The number of hydrogen-bond acceptors (Lipinski definition) is 4. The summed E-state index contributed by atoms with van der Waals surface area (Å²) in [5.74, 6) is 0. The fourth-order valence-corrected chi connectivity index (χ4v) is 9.67. The summed E-state index contributed by atoms with van der Waals surface area (Å²) in [6.45, 7) is 6.81. The Kier molecular flexibility index (Phi) is 6.56. The number of para-hydroxylation sites is 4. The zero-order valence-corrected chi connectivity index (χ0v) is 29.1. The second-order valence-electron chi connectivity index (χ2n) is 13.6. The van der Waals surface area contributed by atoms with Gasteiger partial charge in [0.1, 0.15) is 0 Å². The third kappa shape index (κ3) is 4.26. The minimum atomic E-state index is 0.0835. The molecule has 50 heavy (non-hydrogen) atoms. The van der Waals surface area contributed by atoms with Gasteiger partial charge in [0.2, 0.25) is 0 Å². The summed E-state index contributed by atoms with van der Waals surface area (Å²) >= 11 is 1.85. The first-order valence-electron chi connectivity index (χ1n) is 17.3. The number of benzene rings is 7. The van der Waals surface area contributed by atoms with Crippen LogP contribution in [0.5, 0.6) is 0 Å². The first kappa shape index (κ1) is 29.3. The molecular formula is C45H34BN3S. The molecule has 10 rings (SSSR count). The Hall–Kier alpha value is -5.65. The maximum atomic E-state index is 2.56. The van der Waals surface area contributed by atoms with Gasteiger partial charge in [-0.15, -0.1) is 0 Å². The van der Waals surface area contributed by atoms with Crippen molar-refractivity contribution in [1.29, 1.82) is 0 Å². The largest absolute Gasteiger partial charge is 0.311 e. The van der Waals surface area contributed by atoms with Gasteiger partial charge in [-0.2, -0.15) is 0 Å². The van der Waals surface area contributed by atoms with Gasteiger partial charge < -0.3 is 14.7 Å². The SMILES string of the molecule is Cc1cc(C)c(N2c3cc(N4c5ccccc5Sc5ccccc54)ccc3B3c4ccccc4N(c4ccccc4)c4cccc2c43)c(C)c1. The van der Waals surface area contributed by atoms with E-state index in [1.165, 1.54) is 88.4 Å². The Bertz CT molecular complexity index is 2420. The second kappa shape index (κ2) is 11.2. The summed E-state index contributed by atoms with van der Waals surface area (Å²) in [7, 11) is 0. The van der Waals surface area contributed by atoms with Gasteiger partial charge in [-0.3, -0.25) is 0 Å². The molecule has 0 aliphatic carbocycles. The van der Waals surface area contributed by atoms with Crippen molar-refractivity contribution in [2.45, 2.75) is 30.6 Å². The number of nitrogens with zero attached hydrogens (tertiary/aromatic N) is 3. The molecule has 3 nitrogen and oxygen atoms in total. The van der Waals surface area contributed by atoms with Gasteiger partial charge in [0.25, 0.3) is 6.71 Å². The molecule has 7 aromatic rings. The smallest absolute Gasteiger partial charge is 0.252 e. The van der Waals surface area contributed by atoms with Gasteiger partial charge in [-0.05, 0) is 115 Å². The molecule has 5 heteroatoms. The van der Waals surface area contributed by atoms with E-state index in [9.17, 15) is 0 Å². The van der Waals surface area contributed by atoms with Gasteiger partial charge in [0.15, 0.2) is 0 Å². The Morgan fingerprint density at radius 2 is 0.960 bits per heavy atom. The lowest BCUT2D eigenvalue weighted by atomic mass is 9.33. The zero-order chi connectivity index (χ0) is 33.5. The number of fused-ring (bicyclic) bond motifs is 6. The van der Waals surface area contributed by atoms with Crippen LogP contribution < -0.4 is 31.1 Å². The highest BCUT2D eigenvalue weighted by molar-refractivity contribution is 7.99. The van der Waals surface area contributed by atoms with Crippen LogP contribution >= 0.6 is 11.8 Å². The van der Waals surface area contributed by atoms with Crippen molar-refractivity contribution in [3.05, 3.63) is 168 Å². The maximum Gasteiger partial charge on any atom is 0.252 e. The van der Waals surface area contributed by atoms with Crippen LogP contribution in [0, 0.1) is 20.8 Å². The first-order chi connectivity index (χ1) is 24.6. The number of aryl methyl sites for hydroxylation is 3. The predicted molar refractivity (Wildman–Crippen MR) is 213 cm³/mol. The average molecular weight is 660 g/mol. The molecule has 0 bridgehead atoms. The molecule has 0 aromatic heterocycles. The van der Waals surface area contributed by atoms with Crippen LogP contribution in [0.4, 0.5) is 51.2 Å². The van der Waals surface area contributed by atoms with Gasteiger partial charge in [-0.25, -0.2) is 0 Å². The fraction of sp³-hybridized carbons (Fsp3) is 0.0667. The van der Waals surface area contributed by atoms with Crippen LogP contribution in [-0.2, 0) is 0 Å². The van der Waals surface area contributed by atoms with Crippen LogP contribution in [0.25, 0.3) is 0 Å². The molecule has 0 unspecified atom stereocenters. The summed E-state index contributed by atoms with van der Waals surface area (Å²) in [5.41, 5.74) is 18.8. The van der Waals surface area contributed by atoms with E-state index in [0.717, 1.165) is 5.69 Å². The Labute approximate surface area is 298 Å².